The minimum absolute atomic E-state index is 0.0600. The molecule has 0 aliphatic heterocycles. The first-order valence-electron chi connectivity index (χ1n) is 4.38. The molecule has 0 radical (unpaired) electrons. The maximum atomic E-state index is 11.6. The van der Waals surface area contributed by atoms with E-state index in [0.29, 0.717) is 4.90 Å². The van der Waals surface area contributed by atoms with Gasteiger partial charge in [0.2, 0.25) is 0 Å². The maximum Gasteiger partial charge on any atom is 0.316 e. The van der Waals surface area contributed by atoms with Gasteiger partial charge in [-0.1, -0.05) is 0 Å². The van der Waals surface area contributed by atoms with Crippen LogP contribution in [0.25, 0.3) is 0 Å². The van der Waals surface area contributed by atoms with Gasteiger partial charge in [-0.15, -0.1) is 11.8 Å². The Kier molecular flexibility index (Phi) is 4.64. The molecule has 17 heavy (non-hydrogen) atoms. The largest absolute Gasteiger partial charge is 0.481 e. The van der Waals surface area contributed by atoms with E-state index in [1.165, 1.54) is 23.9 Å². The molecule has 1 atom stereocenters. The minimum atomic E-state index is -1.91. The van der Waals surface area contributed by atoms with Crippen molar-refractivity contribution in [2.24, 2.45) is 0 Å². The highest BCUT2D eigenvalue weighted by Crippen LogP contribution is 2.27. The molecule has 0 spiro atoms. The Hall–Kier alpha value is -1.41. The normalized spacial score (nSPS) is 12.1. The molecule has 0 unspecified atom stereocenters. The van der Waals surface area contributed by atoms with Crippen LogP contribution < -0.4 is 0 Å². The molecule has 0 aromatic heterocycles. The summed E-state index contributed by atoms with van der Waals surface area (Å²) < 4.78 is 11.6. The number of nitro benzene ring substituents is 1. The molecular weight excluding hydrogens is 266 g/mol. The van der Waals surface area contributed by atoms with Crippen LogP contribution in [0.2, 0.25) is 0 Å². The number of benzene rings is 1. The smallest absolute Gasteiger partial charge is 0.316 e. The number of nitro groups is 1. The lowest BCUT2D eigenvalue weighted by Gasteiger charge is -2.03. The number of carboxylic acids is 1. The van der Waals surface area contributed by atoms with E-state index in [9.17, 15) is 19.1 Å². The quantitative estimate of drug-likeness (QED) is 0.497. The predicted molar refractivity (Wildman–Crippen MR) is 63.8 cm³/mol. The summed E-state index contributed by atoms with van der Waals surface area (Å²) in [5.74, 6) is -1.90. The number of carbonyl (C=O) groups is 1. The van der Waals surface area contributed by atoms with Gasteiger partial charge in [-0.25, -0.2) is 0 Å². The van der Waals surface area contributed by atoms with Crippen molar-refractivity contribution < 1.29 is 19.0 Å². The van der Waals surface area contributed by atoms with E-state index in [1.54, 1.807) is 12.3 Å². The fraction of sp³-hybridized carbons (Fsp3) is 0.222. The summed E-state index contributed by atoms with van der Waals surface area (Å²) in [6.07, 6.45) is 1.76. The summed E-state index contributed by atoms with van der Waals surface area (Å²) in [4.78, 5) is 21.2. The molecular formula is C9H9NO5S2. The molecule has 0 amide bonds. The van der Waals surface area contributed by atoms with E-state index in [4.69, 9.17) is 5.11 Å². The Balaban J connectivity index is 3.19. The Morgan fingerprint density at radius 3 is 2.71 bits per heavy atom. The lowest BCUT2D eigenvalue weighted by atomic mass is 10.3. The van der Waals surface area contributed by atoms with Gasteiger partial charge in [0.25, 0.3) is 5.69 Å². The SMILES string of the molecule is CSc1ccc([S@](=O)CC(=O)O)c([N+](=O)[O-])c1. The Morgan fingerprint density at radius 1 is 1.59 bits per heavy atom. The molecule has 0 bridgehead atoms. The van der Waals surface area contributed by atoms with Gasteiger partial charge in [0.05, 0.1) is 15.7 Å². The summed E-state index contributed by atoms with van der Waals surface area (Å²) >= 11 is 1.31. The number of rotatable bonds is 5. The lowest BCUT2D eigenvalue weighted by Crippen LogP contribution is -2.10. The highest BCUT2D eigenvalue weighted by Gasteiger charge is 2.21. The van der Waals surface area contributed by atoms with Gasteiger partial charge in [-0.3, -0.25) is 19.1 Å². The van der Waals surface area contributed by atoms with Crippen molar-refractivity contribution in [2.45, 2.75) is 9.79 Å². The van der Waals surface area contributed by atoms with E-state index >= 15 is 0 Å². The second kappa shape index (κ2) is 5.78. The van der Waals surface area contributed by atoms with E-state index in [1.807, 2.05) is 0 Å². The third kappa shape index (κ3) is 3.53. The van der Waals surface area contributed by atoms with Crippen LogP contribution >= 0.6 is 11.8 Å². The first kappa shape index (κ1) is 13.7. The molecule has 8 heteroatoms. The third-order valence-electron chi connectivity index (χ3n) is 1.86. The number of hydrogen-bond acceptors (Lipinski definition) is 5. The molecule has 0 aliphatic rings. The molecule has 1 aromatic rings. The predicted octanol–water partition coefficient (Wildman–Crippen LogP) is 1.51. The number of hydrogen-bond donors (Lipinski definition) is 1. The lowest BCUT2D eigenvalue weighted by molar-refractivity contribution is -0.388. The topological polar surface area (TPSA) is 97.5 Å². The van der Waals surface area contributed by atoms with Crippen molar-refractivity contribution in [1.82, 2.24) is 0 Å². The Labute approximate surface area is 104 Å². The van der Waals surface area contributed by atoms with Gasteiger partial charge in [0.15, 0.2) is 0 Å². The van der Waals surface area contributed by atoms with E-state index in [-0.39, 0.29) is 10.6 Å². The van der Waals surface area contributed by atoms with Crippen molar-refractivity contribution in [2.75, 3.05) is 12.0 Å². The van der Waals surface area contributed by atoms with Crippen molar-refractivity contribution in [1.29, 1.82) is 0 Å². The van der Waals surface area contributed by atoms with Crippen molar-refractivity contribution in [3.8, 4) is 0 Å². The minimum Gasteiger partial charge on any atom is -0.481 e. The van der Waals surface area contributed by atoms with Crippen LogP contribution in [0.15, 0.2) is 28.0 Å². The summed E-state index contributed by atoms with van der Waals surface area (Å²) in [5, 5.41) is 19.3. The van der Waals surface area contributed by atoms with Crippen molar-refractivity contribution in [3.63, 3.8) is 0 Å². The zero-order valence-electron chi connectivity index (χ0n) is 8.78. The second-order valence-corrected chi connectivity index (χ2v) is 5.27. The monoisotopic (exact) mass is 275 g/mol. The Morgan fingerprint density at radius 2 is 2.24 bits per heavy atom. The number of thioether (sulfide) groups is 1. The fourth-order valence-electron chi connectivity index (χ4n) is 1.15. The van der Waals surface area contributed by atoms with Crippen LogP contribution in [0, 0.1) is 10.1 Å². The molecule has 0 fully saturated rings. The average Bonchev–Trinajstić information content (AvgIpc) is 2.27. The maximum absolute atomic E-state index is 11.6. The summed E-state index contributed by atoms with van der Waals surface area (Å²) in [7, 11) is -1.91. The molecule has 0 heterocycles. The average molecular weight is 275 g/mol. The van der Waals surface area contributed by atoms with Crippen LogP contribution in [-0.2, 0) is 15.6 Å². The Bertz CT molecular complexity index is 488. The summed E-state index contributed by atoms with van der Waals surface area (Å²) in [6.45, 7) is 0. The summed E-state index contributed by atoms with van der Waals surface area (Å²) in [6, 6.07) is 4.20. The van der Waals surface area contributed by atoms with E-state index in [2.05, 4.69) is 0 Å². The van der Waals surface area contributed by atoms with Gasteiger partial charge in [0.1, 0.15) is 10.6 Å². The van der Waals surface area contributed by atoms with Crippen LogP contribution in [0.4, 0.5) is 5.69 Å². The van der Waals surface area contributed by atoms with Gasteiger partial charge < -0.3 is 5.11 Å². The zero-order valence-corrected chi connectivity index (χ0v) is 10.4. The van der Waals surface area contributed by atoms with Gasteiger partial charge in [-0.2, -0.15) is 0 Å². The molecule has 0 saturated heterocycles. The number of carboxylic acid groups (broad SMARTS) is 1. The third-order valence-corrected chi connectivity index (χ3v) is 3.93. The first-order valence-corrected chi connectivity index (χ1v) is 6.92. The summed E-state index contributed by atoms with van der Waals surface area (Å²) in [5.41, 5.74) is -0.309. The molecule has 1 aromatic carbocycles. The molecule has 0 aliphatic carbocycles. The van der Waals surface area contributed by atoms with E-state index < -0.39 is 27.4 Å². The highest BCUT2D eigenvalue weighted by molar-refractivity contribution is 7.98. The van der Waals surface area contributed by atoms with Gasteiger partial charge in [0, 0.05) is 11.0 Å². The first-order chi connectivity index (χ1) is 7.95. The molecule has 6 nitrogen and oxygen atoms in total. The zero-order chi connectivity index (χ0) is 13.0. The van der Waals surface area contributed by atoms with Crippen LogP contribution in [0.5, 0.6) is 0 Å². The molecule has 0 saturated carbocycles. The van der Waals surface area contributed by atoms with Crippen molar-refractivity contribution in [3.05, 3.63) is 28.3 Å². The highest BCUT2D eigenvalue weighted by atomic mass is 32.2. The van der Waals surface area contributed by atoms with Crippen LogP contribution in [0.1, 0.15) is 0 Å². The van der Waals surface area contributed by atoms with Crippen LogP contribution in [0.3, 0.4) is 0 Å². The van der Waals surface area contributed by atoms with Gasteiger partial charge >= 0.3 is 5.97 Å². The second-order valence-electron chi connectivity index (χ2n) is 2.97. The molecule has 1 N–H and O–H groups in total. The fourth-order valence-corrected chi connectivity index (χ4v) is 2.55. The van der Waals surface area contributed by atoms with E-state index in [0.717, 1.165) is 0 Å². The number of aliphatic carboxylic acids is 1. The van der Waals surface area contributed by atoms with Crippen molar-refractivity contribution >= 4 is 34.2 Å². The number of nitrogens with zero attached hydrogens (tertiary/aromatic N) is 1. The van der Waals surface area contributed by atoms with Crippen LogP contribution in [-0.4, -0.2) is 32.2 Å². The van der Waals surface area contributed by atoms with Gasteiger partial charge in [-0.05, 0) is 18.4 Å². The standard InChI is InChI=1S/C9H9NO5S2/c1-16-6-2-3-8(7(4-6)10(13)14)17(15)5-9(11)12/h2-4H,5H2,1H3,(H,11,12)/t17-/m1/s1. The molecule has 92 valence electrons. The molecule has 1 rings (SSSR count).